The topological polar surface area (TPSA) is 98.7 Å². The van der Waals surface area contributed by atoms with Crippen molar-refractivity contribution >= 4 is 22.4 Å². The Kier molecular flexibility index (Phi) is 4.90. The Morgan fingerprint density at radius 3 is 2.91 bits per heavy atom. The summed E-state index contributed by atoms with van der Waals surface area (Å²) in [4.78, 5) is 17.2. The Morgan fingerprint density at radius 2 is 2.22 bits per heavy atom. The van der Waals surface area contributed by atoms with E-state index in [4.69, 9.17) is 5.73 Å². The van der Waals surface area contributed by atoms with Crippen LogP contribution in [-0.2, 0) is 17.8 Å². The molecular weight excluding hydrogens is 312 g/mol. The Hall–Kier alpha value is -1.96. The molecule has 0 bridgehead atoms. The van der Waals surface area contributed by atoms with E-state index < -0.39 is 0 Å². The molecule has 1 fully saturated rings. The van der Waals surface area contributed by atoms with Crippen LogP contribution >= 0.6 is 11.3 Å². The van der Waals surface area contributed by atoms with Gasteiger partial charge in [-0.15, -0.1) is 21.5 Å². The van der Waals surface area contributed by atoms with Crippen molar-refractivity contribution in [2.45, 2.75) is 58.0 Å². The Morgan fingerprint density at radius 1 is 1.43 bits per heavy atom. The molecule has 2 aromatic rings. The zero-order chi connectivity index (χ0) is 16.2. The summed E-state index contributed by atoms with van der Waals surface area (Å²) in [6, 6.07) is 0.467. The lowest BCUT2D eigenvalue weighted by molar-refractivity contribution is -0.120. The molecule has 124 valence electrons. The molecule has 1 saturated carbocycles. The van der Waals surface area contributed by atoms with Crippen LogP contribution in [0.1, 0.15) is 54.5 Å². The number of carbonyl (C=O) groups excluding carboxylic acids is 1. The highest BCUT2D eigenvalue weighted by Crippen LogP contribution is 2.28. The molecule has 23 heavy (non-hydrogen) atoms. The quantitative estimate of drug-likeness (QED) is 0.871. The van der Waals surface area contributed by atoms with Crippen LogP contribution in [0.25, 0.3) is 0 Å². The van der Waals surface area contributed by atoms with E-state index in [1.807, 2.05) is 6.92 Å². The molecule has 3 N–H and O–H groups in total. The number of rotatable bonds is 5. The monoisotopic (exact) mass is 334 g/mol. The molecule has 1 amide bonds. The second-order valence-electron chi connectivity index (χ2n) is 5.96. The van der Waals surface area contributed by atoms with E-state index >= 15 is 0 Å². The number of anilines is 1. The van der Waals surface area contributed by atoms with Gasteiger partial charge in [-0.1, -0.05) is 19.3 Å². The van der Waals surface area contributed by atoms with Crippen LogP contribution in [0.2, 0.25) is 0 Å². The van der Waals surface area contributed by atoms with E-state index in [1.165, 1.54) is 43.4 Å². The standard InChI is InChI=1S/C15H22N6OS/c1-10-12(23-15(16)19-10)7-14(22)17-8-13-20-18-9-21(13)11-5-3-2-4-6-11/h9,11H,2-8H2,1H3,(H2,16,19)(H,17,22). The third-order valence-electron chi connectivity index (χ3n) is 4.29. The van der Waals surface area contributed by atoms with Gasteiger partial charge in [0.2, 0.25) is 5.91 Å². The lowest BCUT2D eigenvalue weighted by atomic mass is 9.95. The van der Waals surface area contributed by atoms with Gasteiger partial charge in [0.25, 0.3) is 0 Å². The van der Waals surface area contributed by atoms with Crippen molar-refractivity contribution in [1.29, 1.82) is 0 Å². The highest BCUT2D eigenvalue weighted by atomic mass is 32.1. The van der Waals surface area contributed by atoms with Gasteiger partial charge in [0.15, 0.2) is 11.0 Å². The molecule has 2 heterocycles. The van der Waals surface area contributed by atoms with Crippen molar-refractivity contribution in [3.63, 3.8) is 0 Å². The first-order chi connectivity index (χ1) is 11.1. The van der Waals surface area contributed by atoms with Gasteiger partial charge >= 0.3 is 0 Å². The summed E-state index contributed by atoms with van der Waals surface area (Å²) in [5, 5.41) is 11.6. The Balaban J connectivity index is 1.57. The van der Waals surface area contributed by atoms with Gasteiger partial charge in [-0.2, -0.15) is 0 Å². The average Bonchev–Trinajstić information content (AvgIpc) is 3.13. The summed E-state index contributed by atoms with van der Waals surface area (Å²) in [6.45, 7) is 2.28. The lowest BCUT2D eigenvalue weighted by Gasteiger charge is -2.24. The molecule has 0 atom stereocenters. The maximum absolute atomic E-state index is 12.1. The predicted octanol–water partition coefficient (Wildman–Crippen LogP) is 1.99. The van der Waals surface area contributed by atoms with E-state index in [-0.39, 0.29) is 5.91 Å². The molecule has 0 unspecified atom stereocenters. The molecule has 0 spiro atoms. The van der Waals surface area contributed by atoms with Crippen LogP contribution in [0.15, 0.2) is 6.33 Å². The number of hydrogen-bond acceptors (Lipinski definition) is 6. The maximum atomic E-state index is 12.1. The normalized spacial score (nSPS) is 15.7. The van der Waals surface area contributed by atoms with Crippen molar-refractivity contribution in [3.8, 4) is 0 Å². The van der Waals surface area contributed by atoms with Crippen LogP contribution in [0.5, 0.6) is 0 Å². The Labute approximate surface area is 139 Å². The van der Waals surface area contributed by atoms with Gasteiger partial charge in [0.1, 0.15) is 6.33 Å². The smallest absolute Gasteiger partial charge is 0.225 e. The fourth-order valence-electron chi connectivity index (χ4n) is 3.06. The minimum Gasteiger partial charge on any atom is -0.375 e. The minimum absolute atomic E-state index is 0.0463. The van der Waals surface area contributed by atoms with E-state index in [0.29, 0.717) is 24.1 Å². The highest BCUT2D eigenvalue weighted by molar-refractivity contribution is 7.15. The number of hydrogen-bond donors (Lipinski definition) is 2. The van der Waals surface area contributed by atoms with E-state index in [9.17, 15) is 4.79 Å². The summed E-state index contributed by atoms with van der Waals surface area (Å²) in [5.41, 5.74) is 6.49. The first kappa shape index (κ1) is 15.9. The molecule has 2 aromatic heterocycles. The van der Waals surface area contributed by atoms with Crippen molar-refractivity contribution in [1.82, 2.24) is 25.1 Å². The van der Waals surface area contributed by atoms with Crippen molar-refractivity contribution in [3.05, 3.63) is 22.7 Å². The third-order valence-corrected chi connectivity index (χ3v) is 5.28. The number of carbonyl (C=O) groups is 1. The summed E-state index contributed by atoms with van der Waals surface area (Å²) < 4.78 is 2.12. The van der Waals surface area contributed by atoms with Gasteiger partial charge < -0.3 is 15.6 Å². The molecule has 1 aliphatic carbocycles. The van der Waals surface area contributed by atoms with E-state index in [1.54, 1.807) is 6.33 Å². The van der Waals surface area contributed by atoms with Crippen LogP contribution in [0, 0.1) is 6.92 Å². The fourth-order valence-corrected chi connectivity index (χ4v) is 3.89. The van der Waals surface area contributed by atoms with Gasteiger partial charge in [0, 0.05) is 10.9 Å². The summed E-state index contributed by atoms with van der Waals surface area (Å²) in [7, 11) is 0. The molecular formula is C15H22N6OS. The number of amides is 1. The number of nitrogen functional groups attached to an aromatic ring is 1. The molecule has 1 aliphatic rings. The van der Waals surface area contributed by atoms with Crippen LogP contribution < -0.4 is 11.1 Å². The minimum atomic E-state index is -0.0463. The summed E-state index contributed by atoms with van der Waals surface area (Å²) in [6.07, 6.45) is 8.23. The second kappa shape index (κ2) is 7.08. The van der Waals surface area contributed by atoms with Crippen molar-refractivity contribution < 1.29 is 4.79 Å². The molecule has 3 rings (SSSR count). The van der Waals surface area contributed by atoms with Crippen molar-refractivity contribution in [2.24, 2.45) is 0 Å². The number of nitrogens with two attached hydrogens (primary N) is 1. The fraction of sp³-hybridized carbons (Fsp3) is 0.600. The summed E-state index contributed by atoms with van der Waals surface area (Å²) in [5.74, 6) is 0.778. The third kappa shape index (κ3) is 3.87. The SMILES string of the molecule is Cc1nc(N)sc1CC(=O)NCc1nncn1C1CCCCC1. The number of nitrogens with one attached hydrogen (secondary N) is 1. The summed E-state index contributed by atoms with van der Waals surface area (Å²) >= 11 is 1.36. The van der Waals surface area contributed by atoms with E-state index in [0.717, 1.165) is 16.4 Å². The zero-order valence-corrected chi connectivity index (χ0v) is 14.1. The first-order valence-electron chi connectivity index (χ1n) is 8.00. The zero-order valence-electron chi connectivity index (χ0n) is 13.3. The van der Waals surface area contributed by atoms with Crippen LogP contribution in [0.4, 0.5) is 5.13 Å². The molecule has 8 heteroatoms. The van der Waals surface area contributed by atoms with Gasteiger partial charge in [-0.3, -0.25) is 4.79 Å². The van der Waals surface area contributed by atoms with Crippen molar-refractivity contribution in [2.75, 3.05) is 5.73 Å². The first-order valence-corrected chi connectivity index (χ1v) is 8.82. The average molecular weight is 334 g/mol. The molecule has 0 aromatic carbocycles. The number of nitrogens with zero attached hydrogens (tertiary/aromatic N) is 4. The number of thiazole rings is 1. The molecule has 7 nitrogen and oxygen atoms in total. The number of aryl methyl sites for hydroxylation is 1. The number of aromatic nitrogens is 4. The maximum Gasteiger partial charge on any atom is 0.225 e. The Bertz CT molecular complexity index is 673. The molecule has 0 saturated heterocycles. The predicted molar refractivity (Wildman–Crippen MR) is 89.0 cm³/mol. The van der Waals surface area contributed by atoms with Gasteiger partial charge in [-0.05, 0) is 19.8 Å². The second-order valence-corrected chi connectivity index (χ2v) is 7.08. The van der Waals surface area contributed by atoms with Crippen LogP contribution in [0.3, 0.4) is 0 Å². The van der Waals surface area contributed by atoms with Gasteiger partial charge in [-0.25, -0.2) is 4.98 Å². The highest BCUT2D eigenvalue weighted by Gasteiger charge is 2.19. The molecule has 0 radical (unpaired) electrons. The lowest BCUT2D eigenvalue weighted by Crippen LogP contribution is -2.27. The van der Waals surface area contributed by atoms with Gasteiger partial charge in [0.05, 0.1) is 18.7 Å². The molecule has 0 aliphatic heterocycles. The van der Waals surface area contributed by atoms with E-state index in [2.05, 4.69) is 25.1 Å². The largest absolute Gasteiger partial charge is 0.375 e. The van der Waals surface area contributed by atoms with Crippen LogP contribution in [-0.4, -0.2) is 25.7 Å².